The minimum absolute atomic E-state index is 0.735. The molecule has 2 aromatic rings. The normalized spacial score (nSPS) is 10.7. The lowest BCUT2D eigenvalue weighted by Crippen LogP contribution is -2.08. The standard InChI is InChI=1S/C14H18ClN3/c1-4-18-12(8-11(3)17-18)9-16-14-10(2)6-5-7-13(14)15/h5-8,16H,4,9H2,1-3H3. The molecule has 18 heavy (non-hydrogen) atoms. The molecule has 0 radical (unpaired) electrons. The summed E-state index contributed by atoms with van der Waals surface area (Å²) in [6.07, 6.45) is 0. The van der Waals surface area contributed by atoms with Gasteiger partial charge in [0, 0.05) is 6.54 Å². The van der Waals surface area contributed by atoms with Gasteiger partial charge in [0.25, 0.3) is 0 Å². The topological polar surface area (TPSA) is 29.9 Å². The van der Waals surface area contributed by atoms with Crippen LogP contribution in [0.25, 0.3) is 0 Å². The van der Waals surface area contributed by atoms with Gasteiger partial charge >= 0.3 is 0 Å². The van der Waals surface area contributed by atoms with Crippen LogP contribution in [0.5, 0.6) is 0 Å². The summed E-state index contributed by atoms with van der Waals surface area (Å²) in [7, 11) is 0. The molecule has 0 unspecified atom stereocenters. The number of para-hydroxylation sites is 1. The van der Waals surface area contributed by atoms with Crippen LogP contribution in [-0.4, -0.2) is 9.78 Å². The SMILES string of the molecule is CCn1nc(C)cc1CNc1c(C)cccc1Cl. The van der Waals surface area contributed by atoms with Crippen molar-refractivity contribution in [2.24, 2.45) is 0 Å². The van der Waals surface area contributed by atoms with Gasteiger partial charge < -0.3 is 5.32 Å². The predicted molar refractivity (Wildman–Crippen MR) is 76.2 cm³/mol. The van der Waals surface area contributed by atoms with Gasteiger partial charge in [0.15, 0.2) is 0 Å². The average Bonchev–Trinajstić information content (AvgIpc) is 2.69. The molecule has 4 heteroatoms. The lowest BCUT2D eigenvalue weighted by molar-refractivity contribution is 0.623. The number of anilines is 1. The molecule has 1 aromatic carbocycles. The highest BCUT2D eigenvalue weighted by atomic mass is 35.5. The van der Waals surface area contributed by atoms with Crippen LogP contribution in [0.3, 0.4) is 0 Å². The van der Waals surface area contributed by atoms with Crippen LogP contribution in [0.2, 0.25) is 5.02 Å². The maximum absolute atomic E-state index is 6.19. The smallest absolute Gasteiger partial charge is 0.0640 e. The van der Waals surface area contributed by atoms with E-state index in [0.717, 1.165) is 35.1 Å². The van der Waals surface area contributed by atoms with E-state index in [4.69, 9.17) is 11.6 Å². The van der Waals surface area contributed by atoms with Gasteiger partial charge in [0.1, 0.15) is 0 Å². The second-order valence-electron chi connectivity index (χ2n) is 4.38. The first-order valence-corrected chi connectivity index (χ1v) is 6.52. The third-order valence-corrected chi connectivity index (χ3v) is 3.27. The van der Waals surface area contributed by atoms with E-state index in [1.54, 1.807) is 0 Å². The van der Waals surface area contributed by atoms with E-state index in [0.29, 0.717) is 0 Å². The lowest BCUT2D eigenvalue weighted by Gasteiger charge is -2.12. The summed E-state index contributed by atoms with van der Waals surface area (Å²) < 4.78 is 2.01. The molecule has 0 amide bonds. The quantitative estimate of drug-likeness (QED) is 0.910. The highest BCUT2D eigenvalue weighted by Crippen LogP contribution is 2.25. The molecule has 0 saturated heterocycles. The second-order valence-corrected chi connectivity index (χ2v) is 4.79. The summed E-state index contributed by atoms with van der Waals surface area (Å²) in [5.74, 6) is 0. The number of nitrogens with one attached hydrogen (secondary N) is 1. The number of aromatic nitrogens is 2. The molecule has 1 heterocycles. The highest BCUT2D eigenvalue weighted by molar-refractivity contribution is 6.33. The van der Waals surface area contributed by atoms with Gasteiger partial charge in [-0.25, -0.2) is 0 Å². The number of halogens is 1. The van der Waals surface area contributed by atoms with Crippen molar-refractivity contribution >= 4 is 17.3 Å². The van der Waals surface area contributed by atoms with Crippen molar-refractivity contribution in [2.45, 2.75) is 33.9 Å². The van der Waals surface area contributed by atoms with Crippen LogP contribution < -0.4 is 5.32 Å². The molecule has 96 valence electrons. The summed E-state index contributed by atoms with van der Waals surface area (Å²) in [4.78, 5) is 0. The molecular formula is C14H18ClN3. The average molecular weight is 264 g/mol. The molecule has 2 rings (SSSR count). The Morgan fingerprint density at radius 2 is 2.11 bits per heavy atom. The van der Waals surface area contributed by atoms with Crippen molar-refractivity contribution in [3.05, 3.63) is 46.2 Å². The molecule has 0 atom stereocenters. The molecule has 3 nitrogen and oxygen atoms in total. The zero-order valence-electron chi connectivity index (χ0n) is 11.0. The number of rotatable bonds is 4. The van der Waals surface area contributed by atoms with Crippen molar-refractivity contribution < 1.29 is 0 Å². The minimum atomic E-state index is 0.735. The molecule has 0 saturated carbocycles. The first kappa shape index (κ1) is 13.0. The first-order valence-electron chi connectivity index (χ1n) is 6.14. The highest BCUT2D eigenvalue weighted by Gasteiger charge is 2.06. The van der Waals surface area contributed by atoms with Crippen molar-refractivity contribution in [3.8, 4) is 0 Å². The van der Waals surface area contributed by atoms with E-state index in [1.165, 1.54) is 5.69 Å². The Balaban J connectivity index is 2.16. The fourth-order valence-corrected chi connectivity index (χ4v) is 2.34. The minimum Gasteiger partial charge on any atom is -0.378 e. The van der Waals surface area contributed by atoms with Crippen molar-refractivity contribution in [1.29, 1.82) is 0 Å². The van der Waals surface area contributed by atoms with E-state index in [1.807, 2.05) is 23.7 Å². The van der Waals surface area contributed by atoms with Crippen LogP contribution in [0.4, 0.5) is 5.69 Å². The third-order valence-electron chi connectivity index (χ3n) is 2.95. The Morgan fingerprint density at radius 1 is 1.33 bits per heavy atom. The second kappa shape index (κ2) is 5.44. The van der Waals surface area contributed by atoms with Crippen LogP contribution in [0, 0.1) is 13.8 Å². The summed E-state index contributed by atoms with van der Waals surface area (Å²) in [5, 5.41) is 8.58. The Morgan fingerprint density at radius 3 is 2.78 bits per heavy atom. The third kappa shape index (κ3) is 2.67. The van der Waals surface area contributed by atoms with Crippen molar-refractivity contribution in [1.82, 2.24) is 9.78 Å². The monoisotopic (exact) mass is 263 g/mol. The summed E-state index contributed by atoms with van der Waals surface area (Å²) >= 11 is 6.19. The maximum atomic E-state index is 6.19. The summed E-state index contributed by atoms with van der Waals surface area (Å²) in [6, 6.07) is 8.02. The number of hydrogen-bond donors (Lipinski definition) is 1. The van der Waals surface area contributed by atoms with Gasteiger partial charge in [-0.3, -0.25) is 4.68 Å². The van der Waals surface area contributed by atoms with E-state index >= 15 is 0 Å². The van der Waals surface area contributed by atoms with Crippen molar-refractivity contribution in [2.75, 3.05) is 5.32 Å². The Bertz CT molecular complexity index is 526. The van der Waals surface area contributed by atoms with E-state index in [-0.39, 0.29) is 0 Å². The fraction of sp³-hybridized carbons (Fsp3) is 0.357. The van der Waals surface area contributed by atoms with Crippen LogP contribution in [0.15, 0.2) is 24.3 Å². The molecule has 0 aliphatic carbocycles. The number of benzene rings is 1. The van der Waals surface area contributed by atoms with Crippen molar-refractivity contribution in [3.63, 3.8) is 0 Å². The number of hydrogen-bond acceptors (Lipinski definition) is 2. The van der Waals surface area contributed by atoms with Gasteiger partial charge in [0.2, 0.25) is 0 Å². The van der Waals surface area contributed by atoms with Gasteiger partial charge in [-0.15, -0.1) is 0 Å². The van der Waals surface area contributed by atoms with E-state index in [2.05, 4.69) is 36.4 Å². The largest absolute Gasteiger partial charge is 0.378 e. The first-order chi connectivity index (χ1) is 8.61. The molecule has 0 aliphatic rings. The van der Waals surface area contributed by atoms with Gasteiger partial charge in [-0.2, -0.15) is 5.10 Å². The molecule has 0 spiro atoms. The van der Waals surface area contributed by atoms with Crippen LogP contribution in [0.1, 0.15) is 23.9 Å². The fourth-order valence-electron chi connectivity index (χ4n) is 2.05. The van der Waals surface area contributed by atoms with E-state index < -0.39 is 0 Å². The van der Waals surface area contributed by atoms with Crippen LogP contribution in [-0.2, 0) is 13.1 Å². The summed E-state index contributed by atoms with van der Waals surface area (Å²) in [5.41, 5.74) is 4.38. The predicted octanol–water partition coefficient (Wildman–Crippen LogP) is 3.79. The number of aryl methyl sites for hydroxylation is 3. The zero-order valence-corrected chi connectivity index (χ0v) is 11.8. The maximum Gasteiger partial charge on any atom is 0.0640 e. The molecule has 0 aliphatic heterocycles. The molecule has 0 fully saturated rings. The Labute approximate surface area is 113 Å². The van der Waals surface area contributed by atoms with Gasteiger partial charge in [-0.05, 0) is 38.5 Å². The Hall–Kier alpha value is -1.48. The van der Waals surface area contributed by atoms with Crippen LogP contribution >= 0.6 is 11.6 Å². The Kier molecular flexibility index (Phi) is 3.92. The molecule has 1 N–H and O–H groups in total. The van der Waals surface area contributed by atoms with Gasteiger partial charge in [0.05, 0.1) is 28.6 Å². The van der Waals surface area contributed by atoms with Gasteiger partial charge in [-0.1, -0.05) is 23.7 Å². The molecular weight excluding hydrogens is 246 g/mol. The van der Waals surface area contributed by atoms with E-state index in [9.17, 15) is 0 Å². The zero-order chi connectivity index (χ0) is 13.1. The summed E-state index contributed by atoms with van der Waals surface area (Å²) in [6.45, 7) is 7.77. The number of nitrogens with zero attached hydrogens (tertiary/aromatic N) is 2. The molecule has 0 bridgehead atoms. The lowest BCUT2D eigenvalue weighted by atomic mass is 10.2. The molecule has 1 aromatic heterocycles.